The van der Waals surface area contributed by atoms with Gasteiger partial charge in [-0.3, -0.25) is 14.5 Å². The van der Waals surface area contributed by atoms with Crippen molar-refractivity contribution in [3.05, 3.63) is 0 Å². The number of aliphatic carboxylic acids is 1. The van der Waals surface area contributed by atoms with Crippen LogP contribution in [0.5, 0.6) is 0 Å². The molecule has 1 heterocycles. The predicted octanol–water partition coefficient (Wildman–Crippen LogP) is 0.258. The lowest BCUT2D eigenvalue weighted by molar-refractivity contribution is -0.152. The van der Waals surface area contributed by atoms with Crippen molar-refractivity contribution in [2.24, 2.45) is 5.92 Å². The van der Waals surface area contributed by atoms with Crippen LogP contribution in [0.4, 0.5) is 0 Å². The molecule has 5 heteroatoms. The van der Waals surface area contributed by atoms with Gasteiger partial charge in [-0.15, -0.1) is 0 Å². The first-order chi connectivity index (χ1) is 7.34. The molecule has 0 saturated carbocycles. The van der Waals surface area contributed by atoms with E-state index >= 15 is 0 Å². The Morgan fingerprint density at radius 1 is 1.25 bits per heavy atom. The fourth-order valence-corrected chi connectivity index (χ4v) is 1.96. The minimum absolute atomic E-state index is 0.272. The SMILES string of the molecule is CC(C(=O)O)C(=O)N1CC(C)N(C)C(C)C1. The predicted molar refractivity (Wildman–Crippen MR) is 60.1 cm³/mol. The average Bonchev–Trinajstić information content (AvgIpc) is 2.22. The van der Waals surface area contributed by atoms with E-state index in [4.69, 9.17) is 5.11 Å². The molecule has 0 aromatic heterocycles. The molecule has 0 aliphatic carbocycles. The Bertz CT molecular complexity index is 281. The van der Waals surface area contributed by atoms with Crippen LogP contribution in [0.3, 0.4) is 0 Å². The second-order valence-corrected chi connectivity index (χ2v) is 4.67. The molecule has 0 spiro atoms. The van der Waals surface area contributed by atoms with E-state index in [1.807, 2.05) is 20.9 Å². The maximum absolute atomic E-state index is 11.9. The molecule has 0 bridgehead atoms. The molecule has 1 saturated heterocycles. The van der Waals surface area contributed by atoms with Gasteiger partial charge in [0.15, 0.2) is 0 Å². The smallest absolute Gasteiger partial charge is 0.315 e. The van der Waals surface area contributed by atoms with Gasteiger partial charge >= 0.3 is 5.97 Å². The van der Waals surface area contributed by atoms with E-state index in [1.165, 1.54) is 6.92 Å². The lowest BCUT2D eigenvalue weighted by atomic mass is 10.1. The van der Waals surface area contributed by atoms with Crippen LogP contribution in [-0.2, 0) is 9.59 Å². The molecule has 1 N–H and O–H groups in total. The zero-order chi connectivity index (χ0) is 12.5. The molecule has 0 aromatic rings. The Hall–Kier alpha value is -1.10. The van der Waals surface area contributed by atoms with Crippen molar-refractivity contribution in [1.29, 1.82) is 0 Å². The van der Waals surface area contributed by atoms with Gasteiger partial charge in [0.05, 0.1) is 0 Å². The molecule has 92 valence electrons. The highest BCUT2D eigenvalue weighted by molar-refractivity contribution is 5.96. The number of nitrogens with zero attached hydrogens (tertiary/aromatic N) is 2. The van der Waals surface area contributed by atoms with E-state index in [0.29, 0.717) is 13.1 Å². The quantitative estimate of drug-likeness (QED) is 0.689. The summed E-state index contributed by atoms with van der Waals surface area (Å²) >= 11 is 0. The van der Waals surface area contributed by atoms with Gasteiger partial charge in [-0.25, -0.2) is 0 Å². The summed E-state index contributed by atoms with van der Waals surface area (Å²) in [6.07, 6.45) is 0. The van der Waals surface area contributed by atoms with Crippen molar-refractivity contribution in [2.75, 3.05) is 20.1 Å². The highest BCUT2D eigenvalue weighted by atomic mass is 16.4. The van der Waals surface area contributed by atoms with Gasteiger partial charge < -0.3 is 10.0 Å². The number of hydrogen-bond acceptors (Lipinski definition) is 3. The van der Waals surface area contributed by atoms with Crippen LogP contribution in [0.1, 0.15) is 20.8 Å². The third kappa shape index (κ3) is 2.52. The fraction of sp³-hybridized carbons (Fsp3) is 0.818. The molecule has 3 unspecified atom stereocenters. The Kier molecular flexibility index (Phi) is 3.91. The second kappa shape index (κ2) is 4.82. The highest BCUT2D eigenvalue weighted by Gasteiger charge is 2.33. The van der Waals surface area contributed by atoms with E-state index in [2.05, 4.69) is 4.90 Å². The molecule has 1 aliphatic rings. The van der Waals surface area contributed by atoms with Gasteiger partial charge in [0, 0.05) is 25.2 Å². The minimum Gasteiger partial charge on any atom is -0.481 e. The second-order valence-electron chi connectivity index (χ2n) is 4.67. The Balaban J connectivity index is 2.68. The van der Waals surface area contributed by atoms with Crippen molar-refractivity contribution in [2.45, 2.75) is 32.9 Å². The molecule has 0 aromatic carbocycles. The zero-order valence-electron chi connectivity index (χ0n) is 10.3. The zero-order valence-corrected chi connectivity index (χ0v) is 10.3. The number of amides is 1. The number of likely N-dealkylation sites (N-methyl/N-ethyl adjacent to an activating group) is 1. The summed E-state index contributed by atoms with van der Waals surface area (Å²) in [6, 6.07) is 0.544. The normalized spacial score (nSPS) is 28.9. The molecular formula is C11H20N2O3. The molecule has 1 fully saturated rings. The summed E-state index contributed by atoms with van der Waals surface area (Å²) in [5, 5.41) is 8.81. The summed E-state index contributed by atoms with van der Waals surface area (Å²) < 4.78 is 0. The van der Waals surface area contributed by atoms with E-state index in [1.54, 1.807) is 4.90 Å². The van der Waals surface area contributed by atoms with Crippen molar-refractivity contribution in [1.82, 2.24) is 9.80 Å². The van der Waals surface area contributed by atoms with Gasteiger partial charge in [-0.05, 0) is 27.8 Å². The summed E-state index contributed by atoms with van der Waals surface area (Å²) in [4.78, 5) is 26.5. The van der Waals surface area contributed by atoms with Crippen molar-refractivity contribution in [3.8, 4) is 0 Å². The molecule has 3 atom stereocenters. The Morgan fingerprint density at radius 2 is 1.69 bits per heavy atom. The van der Waals surface area contributed by atoms with Crippen LogP contribution < -0.4 is 0 Å². The van der Waals surface area contributed by atoms with Crippen LogP contribution in [0.25, 0.3) is 0 Å². The largest absolute Gasteiger partial charge is 0.481 e. The first kappa shape index (κ1) is 13.0. The van der Waals surface area contributed by atoms with Crippen LogP contribution >= 0.6 is 0 Å². The number of carbonyl (C=O) groups excluding carboxylic acids is 1. The van der Waals surface area contributed by atoms with Crippen molar-refractivity contribution < 1.29 is 14.7 Å². The maximum Gasteiger partial charge on any atom is 0.315 e. The number of carbonyl (C=O) groups is 2. The monoisotopic (exact) mass is 228 g/mol. The van der Waals surface area contributed by atoms with Gasteiger partial charge in [-0.2, -0.15) is 0 Å². The van der Waals surface area contributed by atoms with Gasteiger partial charge in [0.1, 0.15) is 5.92 Å². The summed E-state index contributed by atoms with van der Waals surface area (Å²) in [7, 11) is 2.03. The van der Waals surface area contributed by atoms with Crippen LogP contribution in [0, 0.1) is 5.92 Å². The number of hydrogen-bond donors (Lipinski definition) is 1. The molecule has 1 rings (SSSR count). The van der Waals surface area contributed by atoms with Crippen molar-refractivity contribution in [3.63, 3.8) is 0 Å². The average molecular weight is 228 g/mol. The van der Waals surface area contributed by atoms with Gasteiger partial charge in [-0.1, -0.05) is 0 Å². The topological polar surface area (TPSA) is 60.9 Å². The lowest BCUT2D eigenvalue weighted by Gasteiger charge is -2.42. The standard InChI is InChI=1S/C11H20N2O3/c1-7-5-13(6-8(2)12(7)4)10(14)9(3)11(15)16/h7-9H,5-6H2,1-4H3,(H,15,16). The van der Waals surface area contributed by atoms with E-state index in [-0.39, 0.29) is 18.0 Å². The van der Waals surface area contributed by atoms with Crippen LogP contribution in [-0.4, -0.2) is 59.0 Å². The maximum atomic E-state index is 11.9. The molecule has 5 nitrogen and oxygen atoms in total. The number of piperazine rings is 1. The minimum atomic E-state index is -1.05. The Morgan fingerprint density at radius 3 is 2.06 bits per heavy atom. The number of carboxylic acid groups (broad SMARTS) is 1. The molecule has 16 heavy (non-hydrogen) atoms. The molecular weight excluding hydrogens is 208 g/mol. The van der Waals surface area contributed by atoms with Gasteiger partial charge in [0.25, 0.3) is 0 Å². The molecule has 1 aliphatic heterocycles. The molecule has 1 amide bonds. The number of rotatable bonds is 2. The fourth-order valence-electron chi connectivity index (χ4n) is 1.96. The third-order valence-corrected chi connectivity index (χ3v) is 3.41. The van der Waals surface area contributed by atoms with Gasteiger partial charge in [0.2, 0.25) is 5.91 Å². The van der Waals surface area contributed by atoms with Crippen LogP contribution in [0.15, 0.2) is 0 Å². The first-order valence-corrected chi connectivity index (χ1v) is 5.58. The van der Waals surface area contributed by atoms with E-state index < -0.39 is 11.9 Å². The van der Waals surface area contributed by atoms with E-state index in [9.17, 15) is 9.59 Å². The summed E-state index contributed by atoms with van der Waals surface area (Å²) in [5.74, 6) is -2.27. The highest BCUT2D eigenvalue weighted by Crippen LogP contribution is 2.15. The summed E-state index contributed by atoms with van der Waals surface area (Å²) in [6.45, 7) is 6.75. The number of carboxylic acids is 1. The lowest BCUT2D eigenvalue weighted by Crippen LogP contribution is -2.57. The summed E-state index contributed by atoms with van der Waals surface area (Å²) in [5.41, 5.74) is 0. The van der Waals surface area contributed by atoms with Crippen molar-refractivity contribution >= 4 is 11.9 Å². The molecule has 0 radical (unpaired) electrons. The first-order valence-electron chi connectivity index (χ1n) is 5.58. The van der Waals surface area contributed by atoms with Crippen LogP contribution in [0.2, 0.25) is 0 Å². The van der Waals surface area contributed by atoms with E-state index in [0.717, 1.165) is 0 Å². The Labute approximate surface area is 96.0 Å². The third-order valence-electron chi connectivity index (χ3n) is 3.41.